The summed E-state index contributed by atoms with van der Waals surface area (Å²) in [5, 5.41) is 7.41. The fourth-order valence-corrected chi connectivity index (χ4v) is 3.92. The molecule has 3 rings (SSSR count). The Morgan fingerprint density at radius 3 is 2.96 bits per heavy atom. The molecule has 2 heterocycles. The predicted molar refractivity (Wildman–Crippen MR) is 103 cm³/mol. The molecule has 1 aromatic carbocycles. The molecule has 0 saturated carbocycles. The van der Waals surface area contributed by atoms with E-state index in [9.17, 15) is 8.42 Å². The van der Waals surface area contributed by atoms with Gasteiger partial charge in [0.1, 0.15) is 0 Å². The Hall–Kier alpha value is -1.68. The molecule has 1 atom stereocenters. The van der Waals surface area contributed by atoms with E-state index in [1.807, 2.05) is 20.0 Å². The maximum Gasteiger partial charge on any atom is 0.258 e. The molecule has 0 amide bonds. The maximum atomic E-state index is 11.9. The van der Waals surface area contributed by atoms with Crippen LogP contribution in [-0.4, -0.2) is 55.9 Å². The van der Waals surface area contributed by atoms with Crippen molar-refractivity contribution in [1.29, 1.82) is 0 Å². The topological polar surface area (TPSA) is 100 Å². The molecular formula is C16H24ClN5O3S. The van der Waals surface area contributed by atoms with Gasteiger partial charge in [-0.3, -0.25) is 9.62 Å². The first-order valence-electron chi connectivity index (χ1n) is 8.34. The number of nitrogens with one attached hydrogen (secondary N) is 2. The first-order valence-corrected chi connectivity index (χ1v) is 9.99. The molecule has 0 spiro atoms. The van der Waals surface area contributed by atoms with Crippen LogP contribution in [0.25, 0.3) is 11.5 Å². The Labute approximate surface area is 159 Å². The van der Waals surface area contributed by atoms with Crippen molar-refractivity contribution in [1.82, 2.24) is 20.4 Å². The minimum Gasteiger partial charge on any atom is -0.334 e. The van der Waals surface area contributed by atoms with Gasteiger partial charge in [0.15, 0.2) is 5.82 Å². The van der Waals surface area contributed by atoms with Gasteiger partial charge in [0.2, 0.25) is 10.0 Å². The van der Waals surface area contributed by atoms with Crippen molar-refractivity contribution in [3.8, 4) is 11.5 Å². The van der Waals surface area contributed by atoms with Crippen molar-refractivity contribution in [2.24, 2.45) is 0 Å². The van der Waals surface area contributed by atoms with E-state index in [-0.39, 0.29) is 24.2 Å². The van der Waals surface area contributed by atoms with Crippen LogP contribution in [0.2, 0.25) is 0 Å². The number of piperazine rings is 1. The van der Waals surface area contributed by atoms with Gasteiger partial charge >= 0.3 is 0 Å². The molecular weight excluding hydrogens is 378 g/mol. The van der Waals surface area contributed by atoms with E-state index in [0.29, 0.717) is 29.4 Å². The smallest absolute Gasteiger partial charge is 0.258 e. The Morgan fingerprint density at radius 2 is 2.23 bits per heavy atom. The summed E-state index contributed by atoms with van der Waals surface area (Å²) in [4.78, 5) is 6.67. The molecule has 1 fully saturated rings. The van der Waals surface area contributed by atoms with Crippen molar-refractivity contribution in [2.45, 2.75) is 19.4 Å². The van der Waals surface area contributed by atoms with Gasteiger partial charge in [0.05, 0.1) is 11.8 Å². The third kappa shape index (κ3) is 4.94. The Bertz CT molecular complexity index is 827. The minimum atomic E-state index is -3.33. The number of hydrogen-bond donors (Lipinski definition) is 2. The van der Waals surface area contributed by atoms with Crippen LogP contribution in [0.3, 0.4) is 0 Å². The number of sulfonamides is 1. The number of rotatable bonds is 6. The lowest BCUT2D eigenvalue weighted by molar-refractivity contribution is 0.190. The lowest BCUT2D eigenvalue weighted by atomic mass is 10.2. The summed E-state index contributed by atoms with van der Waals surface area (Å²) in [6.07, 6.45) is 0.561. The molecule has 1 aromatic heterocycles. The Morgan fingerprint density at radius 1 is 1.42 bits per heavy atom. The average molecular weight is 402 g/mol. The van der Waals surface area contributed by atoms with Gasteiger partial charge < -0.3 is 9.84 Å². The van der Waals surface area contributed by atoms with Crippen LogP contribution in [0, 0.1) is 0 Å². The molecule has 144 valence electrons. The van der Waals surface area contributed by atoms with Crippen molar-refractivity contribution < 1.29 is 12.9 Å². The quantitative estimate of drug-likeness (QED) is 0.762. The van der Waals surface area contributed by atoms with E-state index < -0.39 is 10.0 Å². The third-order valence-corrected chi connectivity index (χ3v) is 5.60. The Kier molecular flexibility index (Phi) is 6.99. The van der Waals surface area contributed by atoms with Crippen LogP contribution < -0.4 is 10.0 Å². The van der Waals surface area contributed by atoms with Crippen molar-refractivity contribution in [2.75, 3.05) is 37.2 Å². The minimum absolute atomic E-state index is 0. The summed E-state index contributed by atoms with van der Waals surface area (Å²) >= 11 is 0. The highest BCUT2D eigenvalue weighted by atomic mass is 35.5. The van der Waals surface area contributed by atoms with Gasteiger partial charge in [-0.05, 0) is 31.7 Å². The molecule has 8 nitrogen and oxygen atoms in total. The summed E-state index contributed by atoms with van der Waals surface area (Å²) in [7, 11) is -1.30. The number of anilines is 1. The molecule has 26 heavy (non-hydrogen) atoms. The van der Waals surface area contributed by atoms with Gasteiger partial charge in [-0.2, -0.15) is 4.98 Å². The van der Waals surface area contributed by atoms with Crippen LogP contribution in [0.1, 0.15) is 25.2 Å². The number of aromatic nitrogens is 2. The van der Waals surface area contributed by atoms with Crippen LogP contribution in [-0.2, 0) is 10.0 Å². The van der Waals surface area contributed by atoms with Crippen LogP contribution in [0.15, 0.2) is 28.8 Å². The molecule has 0 radical (unpaired) electrons. The normalized spacial score (nSPS) is 18.3. The monoisotopic (exact) mass is 401 g/mol. The van der Waals surface area contributed by atoms with Gasteiger partial charge in [0, 0.05) is 30.9 Å². The fourth-order valence-electron chi connectivity index (χ4n) is 2.80. The van der Waals surface area contributed by atoms with E-state index in [0.717, 1.165) is 19.6 Å². The van der Waals surface area contributed by atoms with Gasteiger partial charge in [0.25, 0.3) is 5.89 Å². The fraction of sp³-hybridized carbons (Fsp3) is 0.500. The highest BCUT2D eigenvalue weighted by Gasteiger charge is 2.25. The van der Waals surface area contributed by atoms with Crippen LogP contribution >= 0.6 is 12.4 Å². The van der Waals surface area contributed by atoms with E-state index in [2.05, 4.69) is 25.1 Å². The van der Waals surface area contributed by atoms with E-state index in [4.69, 9.17) is 4.52 Å². The molecule has 2 N–H and O–H groups in total. The zero-order valence-corrected chi connectivity index (χ0v) is 16.4. The van der Waals surface area contributed by atoms with Crippen LogP contribution in [0.5, 0.6) is 0 Å². The van der Waals surface area contributed by atoms with Crippen molar-refractivity contribution >= 4 is 28.1 Å². The summed E-state index contributed by atoms with van der Waals surface area (Å²) in [6, 6.07) is 7.05. The number of likely N-dealkylation sites (N-methyl/N-ethyl adjacent to an activating group) is 1. The molecule has 1 aliphatic rings. The van der Waals surface area contributed by atoms with E-state index in [1.54, 1.807) is 18.2 Å². The zero-order chi connectivity index (χ0) is 17.9. The second-order valence-electron chi connectivity index (χ2n) is 6.16. The van der Waals surface area contributed by atoms with Crippen LogP contribution in [0.4, 0.5) is 5.69 Å². The molecule has 1 unspecified atom stereocenters. The highest BCUT2D eigenvalue weighted by molar-refractivity contribution is 7.92. The highest BCUT2D eigenvalue weighted by Crippen LogP contribution is 2.25. The molecule has 0 bridgehead atoms. The summed E-state index contributed by atoms with van der Waals surface area (Å²) in [6.45, 7) is 4.46. The molecule has 0 aliphatic carbocycles. The lowest BCUT2D eigenvalue weighted by Gasteiger charge is -2.30. The van der Waals surface area contributed by atoms with E-state index >= 15 is 0 Å². The van der Waals surface area contributed by atoms with E-state index in [1.165, 1.54) is 0 Å². The number of hydrogen-bond acceptors (Lipinski definition) is 7. The number of benzene rings is 1. The summed E-state index contributed by atoms with van der Waals surface area (Å²) in [5.41, 5.74) is 1.17. The molecule has 1 aliphatic heterocycles. The van der Waals surface area contributed by atoms with Gasteiger partial charge in [-0.25, -0.2) is 8.42 Å². The second-order valence-corrected chi connectivity index (χ2v) is 8.00. The number of nitrogens with zero attached hydrogens (tertiary/aromatic N) is 3. The third-order valence-electron chi connectivity index (χ3n) is 4.11. The molecule has 10 heteroatoms. The second kappa shape index (κ2) is 8.81. The standard InChI is InChI=1S/C16H23N5O3S.ClH/c1-3-9-25(22,23)20-13-6-4-5-12(10-13)16-18-15(19-24-16)14-11-17-7-8-21(14)2;/h4-6,10,14,17,20H,3,7-9,11H2,1-2H3;1H. The van der Waals surface area contributed by atoms with Gasteiger partial charge in [-0.1, -0.05) is 18.1 Å². The largest absolute Gasteiger partial charge is 0.334 e. The first-order chi connectivity index (χ1) is 12.0. The maximum absolute atomic E-state index is 11.9. The summed E-state index contributed by atoms with van der Waals surface area (Å²) < 4.78 is 31.8. The first kappa shape index (κ1) is 20.6. The average Bonchev–Trinajstić information content (AvgIpc) is 3.05. The predicted octanol–water partition coefficient (Wildman–Crippen LogP) is 1.89. The zero-order valence-electron chi connectivity index (χ0n) is 14.8. The Balaban J connectivity index is 0.00000243. The van der Waals surface area contributed by atoms with Crippen molar-refractivity contribution in [3.05, 3.63) is 30.1 Å². The lowest BCUT2D eigenvalue weighted by Crippen LogP contribution is -2.44. The number of halogens is 1. The molecule has 2 aromatic rings. The van der Waals surface area contributed by atoms with Gasteiger partial charge in [-0.15, -0.1) is 12.4 Å². The summed E-state index contributed by atoms with van der Waals surface area (Å²) in [5.74, 6) is 1.09. The van der Waals surface area contributed by atoms with Crippen molar-refractivity contribution in [3.63, 3.8) is 0 Å². The SMILES string of the molecule is CCCS(=O)(=O)Nc1cccc(-c2nc(C3CNCCN3C)no2)c1.Cl. The molecule has 1 saturated heterocycles.